The Morgan fingerprint density at radius 3 is 2.75 bits per heavy atom. The maximum absolute atomic E-state index is 12.4. The van der Waals surface area contributed by atoms with Crippen LogP contribution in [0.2, 0.25) is 0 Å². The third-order valence-corrected chi connectivity index (χ3v) is 4.39. The van der Waals surface area contributed by atoms with E-state index in [1.807, 2.05) is 4.90 Å². The lowest BCUT2D eigenvalue weighted by molar-refractivity contribution is -0.141. The van der Waals surface area contributed by atoms with Gasteiger partial charge in [-0.1, -0.05) is 19.9 Å². The van der Waals surface area contributed by atoms with Crippen LogP contribution >= 0.6 is 0 Å². The second kappa shape index (κ2) is 5.17. The molecular formula is C16H23N3O. The normalized spacial score (nSPS) is 19.9. The van der Waals surface area contributed by atoms with E-state index < -0.39 is 0 Å². The van der Waals surface area contributed by atoms with Crippen molar-refractivity contribution in [3.05, 3.63) is 29.1 Å². The lowest BCUT2D eigenvalue weighted by Gasteiger charge is -2.39. The zero-order chi connectivity index (χ0) is 14.3. The molecule has 4 heteroatoms. The van der Waals surface area contributed by atoms with Crippen LogP contribution in [0.3, 0.4) is 0 Å². The summed E-state index contributed by atoms with van der Waals surface area (Å²) in [5, 5.41) is 0. The largest absolute Gasteiger partial charge is 0.338 e. The van der Waals surface area contributed by atoms with Crippen LogP contribution in [0.5, 0.6) is 0 Å². The van der Waals surface area contributed by atoms with Gasteiger partial charge in [0.2, 0.25) is 5.91 Å². The summed E-state index contributed by atoms with van der Waals surface area (Å²) in [6.07, 6.45) is 0.893. The van der Waals surface area contributed by atoms with Crippen molar-refractivity contribution < 1.29 is 4.79 Å². The number of fused-ring (bicyclic) bond motifs is 1. The molecule has 20 heavy (non-hydrogen) atoms. The van der Waals surface area contributed by atoms with Crippen LogP contribution in [0.25, 0.3) is 0 Å². The fourth-order valence-corrected chi connectivity index (χ4v) is 3.06. The van der Waals surface area contributed by atoms with Gasteiger partial charge in [0.1, 0.15) is 0 Å². The van der Waals surface area contributed by atoms with E-state index >= 15 is 0 Å². The second-order valence-electron chi connectivity index (χ2n) is 6.42. The molecule has 2 aliphatic heterocycles. The highest BCUT2D eigenvalue weighted by Gasteiger charge is 2.34. The first-order valence-electron chi connectivity index (χ1n) is 7.50. The number of amides is 1. The van der Waals surface area contributed by atoms with Crippen molar-refractivity contribution in [2.24, 2.45) is 5.92 Å². The minimum atomic E-state index is 0.212. The SMILES string of the molecule is CC(C)c1ccc2c(n1)CCN(C(=O)C1CN(C)C1)C2. The Balaban J connectivity index is 1.71. The molecular weight excluding hydrogens is 250 g/mol. The summed E-state index contributed by atoms with van der Waals surface area (Å²) in [4.78, 5) is 21.3. The first-order valence-corrected chi connectivity index (χ1v) is 7.50. The average molecular weight is 273 g/mol. The van der Waals surface area contributed by atoms with Crippen molar-refractivity contribution in [3.63, 3.8) is 0 Å². The Morgan fingerprint density at radius 1 is 1.35 bits per heavy atom. The summed E-state index contributed by atoms with van der Waals surface area (Å²) < 4.78 is 0. The molecule has 0 aromatic carbocycles. The van der Waals surface area contributed by atoms with Gasteiger partial charge in [-0.3, -0.25) is 9.78 Å². The zero-order valence-corrected chi connectivity index (χ0v) is 12.6. The highest BCUT2D eigenvalue weighted by molar-refractivity contribution is 5.80. The Hall–Kier alpha value is -1.42. The van der Waals surface area contributed by atoms with Crippen molar-refractivity contribution in [1.82, 2.24) is 14.8 Å². The summed E-state index contributed by atoms with van der Waals surface area (Å²) in [6.45, 7) is 7.71. The molecule has 108 valence electrons. The Labute approximate surface area is 120 Å². The van der Waals surface area contributed by atoms with Gasteiger partial charge in [-0.2, -0.15) is 0 Å². The molecule has 3 rings (SSSR count). The molecule has 0 N–H and O–H groups in total. The number of carbonyl (C=O) groups excluding carboxylic acids is 1. The molecule has 1 aromatic heterocycles. The van der Waals surface area contributed by atoms with Crippen LogP contribution in [0.1, 0.15) is 36.7 Å². The molecule has 0 bridgehead atoms. The van der Waals surface area contributed by atoms with Gasteiger partial charge in [-0.05, 0) is 24.6 Å². The average Bonchev–Trinajstić information content (AvgIpc) is 2.42. The predicted molar refractivity (Wildman–Crippen MR) is 78.4 cm³/mol. The Morgan fingerprint density at radius 2 is 2.10 bits per heavy atom. The van der Waals surface area contributed by atoms with E-state index in [2.05, 4.69) is 37.9 Å². The van der Waals surface area contributed by atoms with Crippen molar-refractivity contribution in [1.29, 1.82) is 0 Å². The standard InChI is InChI=1S/C16H23N3O/c1-11(2)14-5-4-12-10-19(7-6-15(12)17-14)16(20)13-8-18(3)9-13/h4-5,11,13H,6-10H2,1-3H3. The van der Waals surface area contributed by atoms with Gasteiger partial charge in [-0.15, -0.1) is 0 Å². The van der Waals surface area contributed by atoms with Gasteiger partial charge in [0.15, 0.2) is 0 Å². The molecule has 3 heterocycles. The summed E-state index contributed by atoms with van der Waals surface area (Å²) in [7, 11) is 2.06. The highest BCUT2D eigenvalue weighted by Crippen LogP contribution is 2.24. The van der Waals surface area contributed by atoms with Gasteiger partial charge in [0.05, 0.1) is 5.92 Å². The highest BCUT2D eigenvalue weighted by atomic mass is 16.2. The lowest BCUT2D eigenvalue weighted by atomic mass is 9.96. The zero-order valence-electron chi connectivity index (χ0n) is 12.6. The van der Waals surface area contributed by atoms with Gasteiger partial charge < -0.3 is 9.80 Å². The van der Waals surface area contributed by atoms with Gasteiger partial charge >= 0.3 is 0 Å². The molecule has 0 aliphatic carbocycles. The monoisotopic (exact) mass is 273 g/mol. The van der Waals surface area contributed by atoms with Crippen molar-refractivity contribution in [2.45, 2.75) is 32.7 Å². The second-order valence-corrected chi connectivity index (χ2v) is 6.42. The molecule has 1 saturated heterocycles. The molecule has 0 saturated carbocycles. The van der Waals surface area contributed by atoms with Crippen molar-refractivity contribution in [3.8, 4) is 0 Å². The van der Waals surface area contributed by atoms with E-state index in [1.54, 1.807) is 0 Å². The maximum Gasteiger partial charge on any atom is 0.228 e. The predicted octanol–water partition coefficient (Wildman–Crippen LogP) is 1.65. The molecule has 0 atom stereocenters. The van der Waals surface area contributed by atoms with Crippen LogP contribution in [-0.4, -0.2) is 47.4 Å². The molecule has 0 unspecified atom stereocenters. The maximum atomic E-state index is 12.4. The number of nitrogens with zero attached hydrogens (tertiary/aromatic N) is 3. The first kappa shape index (κ1) is 13.6. The third-order valence-electron chi connectivity index (χ3n) is 4.39. The van der Waals surface area contributed by atoms with E-state index in [9.17, 15) is 4.79 Å². The quantitative estimate of drug-likeness (QED) is 0.822. The molecule has 1 amide bonds. The lowest BCUT2D eigenvalue weighted by Crippen LogP contribution is -2.53. The smallest absolute Gasteiger partial charge is 0.228 e. The number of aromatic nitrogens is 1. The number of hydrogen-bond acceptors (Lipinski definition) is 3. The number of likely N-dealkylation sites (tertiary alicyclic amines) is 1. The van der Waals surface area contributed by atoms with E-state index in [-0.39, 0.29) is 5.92 Å². The number of pyridine rings is 1. The summed E-state index contributed by atoms with van der Waals surface area (Å²) >= 11 is 0. The molecule has 2 aliphatic rings. The van der Waals surface area contributed by atoms with E-state index in [4.69, 9.17) is 4.98 Å². The molecule has 1 aromatic rings. The number of rotatable bonds is 2. The van der Waals surface area contributed by atoms with Gasteiger partial charge in [-0.25, -0.2) is 0 Å². The molecule has 0 radical (unpaired) electrons. The van der Waals surface area contributed by atoms with Crippen LogP contribution in [0.15, 0.2) is 12.1 Å². The minimum absolute atomic E-state index is 0.212. The summed E-state index contributed by atoms with van der Waals surface area (Å²) in [5.41, 5.74) is 3.57. The van der Waals surface area contributed by atoms with Crippen LogP contribution in [-0.2, 0) is 17.8 Å². The first-order chi connectivity index (χ1) is 9.54. The van der Waals surface area contributed by atoms with Crippen molar-refractivity contribution >= 4 is 5.91 Å². The van der Waals surface area contributed by atoms with Crippen LogP contribution in [0.4, 0.5) is 0 Å². The van der Waals surface area contributed by atoms with Gasteiger partial charge in [0, 0.05) is 44.0 Å². The van der Waals surface area contributed by atoms with Crippen LogP contribution in [0, 0.1) is 5.92 Å². The summed E-state index contributed by atoms with van der Waals surface area (Å²) in [6, 6.07) is 4.26. The summed E-state index contributed by atoms with van der Waals surface area (Å²) in [5.74, 6) is 0.997. The van der Waals surface area contributed by atoms with Crippen molar-refractivity contribution in [2.75, 3.05) is 26.7 Å². The molecule has 4 nitrogen and oxygen atoms in total. The fraction of sp³-hybridized carbons (Fsp3) is 0.625. The van der Waals surface area contributed by atoms with Gasteiger partial charge in [0.25, 0.3) is 0 Å². The number of hydrogen-bond donors (Lipinski definition) is 0. The molecule has 0 spiro atoms. The fourth-order valence-electron chi connectivity index (χ4n) is 3.06. The van der Waals surface area contributed by atoms with E-state index in [0.29, 0.717) is 11.8 Å². The number of carbonyl (C=O) groups is 1. The third kappa shape index (κ3) is 2.44. The van der Waals surface area contributed by atoms with Crippen LogP contribution < -0.4 is 0 Å². The molecule has 1 fully saturated rings. The van der Waals surface area contributed by atoms with E-state index in [0.717, 1.165) is 38.3 Å². The minimum Gasteiger partial charge on any atom is -0.338 e. The topological polar surface area (TPSA) is 36.4 Å². The Kier molecular flexibility index (Phi) is 3.50. The Bertz CT molecular complexity index is 520. The van der Waals surface area contributed by atoms with E-state index in [1.165, 1.54) is 11.3 Å².